The van der Waals surface area contributed by atoms with Crippen LogP contribution in [-0.2, 0) is 0 Å². The topological polar surface area (TPSA) is 64.6 Å². The monoisotopic (exact) mass is 394 g/mol. The second kappa shape index (κ2) is 9.11. The molecule has 154 valence electrons. The summed E-state index contributed by atoms with van der Waals surface area (Å²) in [5.41, 5.74) is 2.01. The molecule has 1 aromatic heterocycles. The van der Waals surface area contributed by atoms with Gasteiger partial charge < -0.3 is 20.0 Å². The van der Waals surface area contributed by atoms with Crippen LogP contribution in [0.25, 0.3) is 0 Å². The highest BCUT2D eigenvalue weighted by Crippen LogP contribution is 2.20. The number of nitrogens with zero attached hydrogens (tertiary/aromatic N) is 5. The third kappa shape index (κ3) is 4.96. The van der Waals surface area contributed by atoms with Crippen LogP contribution < -0.4 is 15.1 Å². The van der Waals surface area contributed by atoms with Crippen LogP contribution in [0.15, 0.2) is 36.4 Å². The summed E-state index contributed by atoms with van der Waals surface area (Å²) in [6.07, 6.45) is 5.08. The van der Waals surface area contributed by atoms with Crippen molar-refractivity contribution in [3.8, 4) is 0 Å². The van der Waals surface area contributed by atoms with Crippen LogP contribution in [-0.4, -0.2) is 60.4 Å². The van der Waals surface area contributed by atoms with Gasteiger partial charge in [-0.1, -0.05) is 30.5 Å². The lowest BCUT2D eigenvalue weighted by molar-refractivity contribution is 0.208. The summed E-state index contributed by atoms with van der Waals surface area (Å²) in [4.78, 5) is 18.9. The molecule has 2 aliphatic rings. The van der Waals surface area contributed by atoms with Crippen molar-refractivity contribution >= 4 is 23.4 Å². The maximum atomic E-state index is 12.5. The van der Waals surface area contributed by atoms with Crippen LogP contribution in [0.2, 0.25) is 0 Å². The third-order valence-corrected chi connectivity index (χ3v) is 5.76. The highest BCUT2D eigenvalue weighted by Gasteiger charge is 2.22. The molecule has 2 fully saturated rings. The largest absolute Gasteiger partial charge is 0.355 e. The number of anilines is 3. The molecule has 29 heavy (non-hydrogen) atoms. The molecule has 7 heteroatoms. The molecule has 2 aromatic rings. The van der Waals surface area contributed by atoms with Crippen LogP contribution >= 0.6 is 0 Å². The molecule has 7 nitrogen and oxygen atoms in total. The van der Waals surface area contributed by atoms with E-state index in [1.165, 1.54) is 31.2 Å². The smallest absolute Gasteiger partial charge is 0.321 e. The van der Waals surface area contributed by atoms with Gasteiger partial charge in [0.15, 0.2) is 11.6 Å². The molecule has 0 unspecified atom stereocenters. The van der Waals surface area contributed by atoms with Crippen molar-refractivity contribution < 1.29 is 4.79 Å². The molecule has 2 amide bonds. The van der Waals surface area contributed by atoms with E-state index in [1.807, 2.05) is 36.1 Å². The number of carbonyl (C=O) groups is 1. The van der Waals surface area contributed by atoms with Crippen LogP contribution in [0.1, 0.15) is 31.2 Å². The Morgan fingerprint density at radius 3 is 1.86 bits per heavy atom. The minimum Gasteiger partial charge on any atom is -0.355 e. The molecule has 0 bridgehead atoms. The van der Waals surface area contributed by atoms with Crippen molar-refractivity contribution in [2.24, 2.45) is 0 Å². The molecule has 1 N–H and O–H groups in total. The number of aryl methyl sites for hydroxylation is 1. The molecule has 0 spiro atoms. The Morgan fingerprint density at radius 2 is 1.31 bits per heavy atom. The summed E-state index contributed by atoms with van der Waals surface area (Å²) in [5.74, 6) is 1.87. The van der Waals surface area contributed by atoms with Crippen LogP contribution in [0.3, 0.4) is 0 Å². The van der Waals surface area contributed by atoms with Gasteiger partial charge in [0.1, 0.15) is 0 Å². The average Bonchev–Trinajstić information content (AvgIpc) is 3.05. The maximum absolute atomic E-state index is 12.5. The second-order valence-electron chi connectivity index (χ2n) is 7.92. The zero-order chi connectivity index (χ0) is 20.1. The standard InChI is InChI=1S/C22H30N6O/c1-18-6-8-19(9-7-18)23-22(29)28-16-14-27(15-17-28)21-11-10-20(24-25-21)26-12-4-2-3-5-13-26/h6-11H,2-5,12-17H2,1H3,(H,23,29). The number of hydrogen-bond acceptors (Lipinski definition) is 5. The predicted molar refractivity (Wildman–Crippen MR) is 117 cm³/mol. The fourth-order valence-corrected chi connectivity index (χ4v) is 3.93. The summed E-state index contributed by atoms with van der Waals surface area (Å²) in [7, 11) is 0. The summed E-state index contributed by atoms with van der Waals surface area (Å²) < 4.78 is 0. The Labute approximate surface area is 172 Å². The van der Waals surface area contributed by atoms with Gasteiger partial charge in [-0.15, -0.1) is 10.2 Å². The number of piperazine rings is 1. The summed E-state index contributed by atoms with van der Waals surface area (Å²) >= 11 is 0. The van der Waals surface area contributed by atoms with Gasteiger partial charge in [-0.3, -0.25) is 0 Å². The van der Waals surface area contributed by atoms with E-state index >= 15 is 0 Å². The van der Waals surface area contributed by atoms with Gasteiger partial charge >= 0.3 is 6.03 Å². The SMILES string of the molecule is Cc1ccc(NC(=O)N2CCN(c3ccc(N4CCCCCC4)nn3)CC2)cc1. The molecule has 0 saturated carbocycles. The van der Waals surface area contributed by atoms with Crippen molar-refractivity contribution in [1.29, 1.82) is 0 Å². The average molecular weight is 395 g/mol. The van der Waals surface area contributed by atoms with Gasteiger partial charge in [0, 0.05) is 45.0 Å². The van der Waals surface area contributed by atoms with E-state index in [0.717, 1.165) is 43.5 Å². The van der Waals surface area contributed by atoms with E-state index in [9.17, 15) is 4.79 Å². The Bertz CT molecular complexity index is 791. The molecule has 0 atom stereocenters. The molecular formula is C22H30N6O. The van der Waals surface area contributed by atoms with E-state index in [4.69, 9.17) is 0 Å². The molecule has 2 aliphatic heterocycles. The number of nitrogens with one attached hydrogen (secondary N) is 1. The number of hydrogen-bond donors (Lipinski definition) is 1. The van der Waals surface area contributed by atoms with E-state index in [0.29, 0.717) is 13.1 Å². The lowest BCUT2D eigenvalue weighted by Gasteiger charge is -2.35. The Hall–Kier alpha value is -2.83. The molecule has 0 radical (unpaired) electrons. The Kier molecular flexibility index (Phi) is 6.12. The zero-order valence-corrected chi connectivity index (χ0v) is 17.2. The summed E-state index contributed by atoms with van der Waals surface area (Å²) in [6, 6.07) is 12.0. The normalized spacial score (nSPS) is 17.8. The minimum atomic E-state index is -0.0453. The minimum absolute atomic E-state index is 0.0453. The summed E-state index contributed by atoms with van der Waals surface area (Å²) in [6.45, 7) is 7.05. The van der Waals surface area contributed by atoms with Crippen molar-refractivity contribution in [3.63, 3.8) is 0 Å². The highest BCUT2D eigenvalue weighted by molar-refractivity contribution is 5.89. The van der Waals surface area contributed by atoms with Gasteiger partial charge in [0.25, 0.3) is 0 Å². The first-order valence-electron chi connectivity index (χ1n) is 10.7. The number of amides is 2. The van der Waals surface area contributed by atoms with Crippen LogP contribution in [0.4, 0.5) is 22.1 Å². The van der Waals surface area contributed by atoms with Crippen molar-refractivity contribution in [3.05, 3.63) is 42.0 Å². The lowest BCUT2D eigenvalue weighted by Crippen LogP contribution is -2.50. The van der Waals surface area contributed by atoms with Crippen LogP contribution in [0, 0.1) is 6.92 Å². The fourth-order valence-electron chi connectivity index (χ4n) is 3.93. The fraction of sp³-hybridized carbons (Fsp3) is 0.500. The first-order chi connectivity index (χ1) is 14.2. The molecule has 3 heterocycles. The quantitative estimate of drug-likeness (QED) is 0.863. The van der Waals surface area contributed by atoms with Crippen molar-refractivity contribution in [2.45, 2.75) is 32.6 Å². The first-order valence-corrected chi connectivity index (χ1v) is 10.7. The molecular weight excluding hydrogens is 364 g/mol. The number of urea groups is 1. The third-order valence-electron chi connectivity index (χ3n) is 5.76. The maximum Gasteiger partial charge on any atom is 0.321 e. The van der Waals surface area contributed by atoms with E-state index in [-0.39, 0.29) is 6.03 Å². The number of aromatic nitrogens is 2. The number of rotatable bonds is 3. The zero-order valence-electron chi connectivity index (χ0n) is 17.2. The van der Waals surface area contributed by atoms with Gasteiger partial charge in [0.2, 0.25) is 0 Å². The molecule has 0 aliphatic carbocycles. The Morgan fingerprint density at radius 1 is 0.759 bits per heavy atom. The van der Waals surface area contributed by atoms with E-state index in [2.05, 4.69) is 37.4 Å². The van der Waals surface area contributed by atoms with Gasteiger partial charge in [0.05, 0.1) is 0 Å². The first kappa shape index (κ1) is 19.5. The Balaban J connectivity index is 1.29. The van der Waals surface area contributed by atoms with Gasteiger partial charge in [-0.05, 0) is 44.0 Å². The second-order valence-corrected chi connectivity index (χ2v) is 7.92. The lowest BCUT2D eigenvalue weighted by atomic mass is 10.2. The molecule has 1 aromatic carbocycles. The van der Waals surface area contributed by atoms with Crippen molar-refractivity contribution in [1.82, 2.24) is 15.1 Å². The summed E-state index contributed by atoms with van der Waals surface area (Å²) in [5, 5.41) is 11.9. The van der Waals surface area contributed by atoms with Gasteiger partial charge in [-0.25, -0.2) is 4.79 Å². The predicted octanol–water partition coefficient (Wildman–Crippen LogP) is 3.52. The van der Waals surface area contributed by atoms with E-state index < -0.39 is 0 Å². The number of benzene rings is 1. The molecule has 4 rings (SSSR count). The van der Waals surface area contributed by atoms with E-state index in [1.54, 1.807) is 0 Å². The van der Waals surface area contributed by atoms with Gasteiger partial charge in [-0.2, -0.15) is 0 Å². The highest BCUT2D eigenvalue weighted by atomic mass is 16.2. The van der Waals surface area contributed by atoms with Crippen LogP contribution in [0.5, 0.6) is 0 Å². The van der Waals surface area contributed by atoms with Crippen molar-refractivity contribution in [2.75, 3.05) is 54.4 Å². The number of carbonyl (C=O) groups excluding carboxylic acids is 1. The molecule has 2 saturated heterocycles.